The highest BCUT2D eigenvalue weighted by Crippen LogP contribution is 2.52. The van der Waals surface area contributed by atoms with E-state index in [-0.39, 0.29) is 0 Å². The first-order valence-electron chi connectivity index (χ1n) is 19.9. The Kier molecular flexibility index (Phi) is 10.8. The van der Waals surface area contributed by atoms with Crippen LogP contribution in [0, 0.1) is 0 Å². The summed E-state index contributed by atoms with van der Waals surface area (Å²) in [5.41, 5.74) is 20.6. The highest BCUT2D eigenvalue weighted by molar-refractivity contribution is 6.19. The lowest BCUT2D eigenvalue weighted by atomic mass is 9.80. The van der Waals surface area contributed by atoms with Crippen LogP contribution in [0.1, 0.15) is 22.9 Å². The summed E-state index contributed by atoms with van der Waals surface area (Å²) < 4.78 is 0. The van der Waals surface area contributed by atoms with Gasteiger partial charge < -0.3 is 11.1 Å². The molecule has 0 radical (unpaired) electrons. The van der Waals surface area contributed by atoms with Gasteiger partial charge in [0.2, 0.25) is 0 Å². The van der Waals surface area contributed by atoms with Crippen LogP contribution >= 0.6 is 0 Å². The van der Waals surface area contributed by atoms with Gasteiger partial charge in [0.25, 0.3) is 0 Å². The lowest BCUT2D eigenvalue weighted by Gasteiger charge is -2.26. The van der Waals surface area contributed by atoms with Crippen LogP contribution < -0.4 is 11.1 Å². The number of rotatable bonds is 10. The molecule has 0 bridgehead atoms. The summed E-state index contributed by atoms with van der Waals surface area (Å²) in [7, 11) is 0. The Balaban J connectivity index is 1.24. The molecule has 0 heterocycles. The van der Waals surface area contributed by atoms with Crippen molar-refractivity contribution < 1.29 is 0 Å². The lowest BCUT2D eigenvalue weighted by molar-refractivity contribution is 0.775. The van der Waals surface area contributed by atoms with Gasteiger partial charge in [0.15, 0.2) is 5.84 Å². The van der Waals surface area contributed by atoms with Crippen LogP contribution in [0.25, 0.3) is 55.3 Å². The Bertz CT molecular complexity index is 2870. The molecule has 1 unspecified atom stereocenters. The van der Waals surface area contributed by atoms with Gasteiger partial charge in [-0.05, 0) is 74.2 Å². The largest absolute Gasteiger partial charge is 0.354 e. The number of hydrogen-bond acceptors (Lipinski definition) is 3. The van der Waals surface area contributed by atoms with Crippen LogP contribution in [-0.4, -0.2) is 12.1 Å². The molecule has 4 nitrogen and oxygen atoms in total. The Morgan fingerprint density at radius 2 is 0.932 bits per heavy atom. The number of aliphatic imine (C=N–C) groups is 2. The molecule has 9 aromatic rings. The normalized spacial score (nSPS) is 12.1. The molecule has 0 aromatic heterocycles. The second-order valence-electron chi connectivity index (χ2n) is 14.4. The van der Waals surface area contributed by atoms with Gasteiger partial charge in [-0.15, -0.1) is 0 Å². The third-order valence-electron chi connectivity index (χ3n) is 10.6. The summed E-state index contributed by atoms with van der Waals surface area (Å²) in [5, 5.41) is 6.24. The molecule has 0 aliphatic carbocycles. The summed E-state index contributed by atoms with van der Waals surface area (Å²) in [4.78, 5) is 9.81. The monoisotopic (exact) mass is 758 g/mol. The van der Waals surface area contributed by atoms with Crippen molar-refractivity contribution in [1.29, 1.82) is 0 Å². The quantitative estimate of drug-likeness (QED) is 0.108. The van der Waals surface area contributed by atoms with Gasteiger partial charge in [0, 0.05) is 34.0 Å². The standard InChI is InChI=1S/C55H42N4/c56-54(43-28-14-5-15-29-43)59-55(57-38-39-20-6-1-7-21-39)44-34-36-45(37-35-44)58-53-49-33-19-18-32-48(49)50(41-24-10-3-11-25-41)52(51(53)42-26-12-4-13-27-42)47-31-17-16-30-46(47)40-22-8-2-9-23-40/h1-38,54,58H,56H2/b57-38+,59-55-. The molecule has 1 atom stereocenters. The topological polar surface area (TPSA) is 62.8 Å². The molecule has 0 amide bonds. The zero-order valence-electron chi connectivity index (χ0n) is 32.5. The summed E-state index contributed by atoms with van der Waals surface area (Å²) in [6.45, 7) is 0. The van der Waals surface area contributed by atoms with Gasteiger partial charge in [-0.2, -0.15) is 0 Å². The predicted molar refractivity (Wildman–Crippen MR) is 249 cm³/mol. The number of hydrogen-bond donors (Lipinski definition) is 2. The molecule has 0 saturated heterocycles. The van der Waals surface area contributed by atoms with Gasteiger partial charge in [-0.25, -0.2) is 9.98 Å². The molecule has 282 valence electrons. The minimum absolute atomic E-state index is 0.555. The fraction of sp³-hybridized carbons (Fsp3) is 0.0182. The van der Waals surface area contributed by atoms with E-state index in [4.69, 9.17) is 15.7 Å². The van der Waals surface area contributed by atoms with E-state index in [0.29, 0.717) is 5.84 Å². The Hall–Kier alpha value is -7.66. The zero-order valence-corrected chi connectivity index (χ0v) is 32.5. The summed E-state index contributed by atoms with van der Waals surface area (Å²) in [5.74, 6) is 0.555. The maximum Gasteiger partial charge on any atom is 0.156 e. The Morgan fingerprint density at radius 3 is 1.56 bits per heavy atom. The fourth-order valence-corrected chi connectivity index (χ4v) is 7.77. The van der Waals surface area contributed by atoms with Crippen LogP contribution in [-0.2, 0) is 0 Å². The number of nitrogens with zero attached hydrogens (tertiary/aromatic N) is 2. The average molecular weight is 759 g/mol. The van der Waals surface area contributed by atoms with Gasteiger partial charge in [-0.1, -0.05) is 200 Å². The zero-order chi connectivity index (χ0) is 39.8. The molecular weight excluding hydrogens is 717 g/mol. The van der Waals surface area contributed by atoms with Gasteiger partial charge in [0.1, 0.15) is 6.17 Å². The lowest BCUT2D eigenvalue weighted by Crippen LogP contribution is -2.11. The van der Waals surface area contributed by atoms with E-state index in [1.54, 1.807) is 0 Å². The van der Waals surface area contributed by atoms with E-state index < -0.39 is 6.17 Å². The summed E-state index contributed by atoms with van der Waals surface area (Å²) >= 11 is 0. The van der Waals surface area contributed by atoms with Crippen LogP contribution in [0.2, 0.25) is 0 Å². The van der Waals surface area contributed by atoms with Crippen molar-refractivity contribution in [3.05, 3.63) is 241 Å². The van der Waals surface area contributed by atoms with Crippen molar-refractivity contribution >= 4 is 34.2 Å². The van der Waals surface area contributed by atoms with Crippen molar-refractivity contribution in [2.75, 3.05) is 5.32 Å². The highest BCUT2D eigenvalue weighted by Gasteiger charge is 2.25. The van der Waals surface area contributed by atoms with E-state index >= 15 is 0 Å². The fourth-order valence-electron chi connectivity index (χ4n) is 7.77. The molecule has 9 aromatic carbocycles. The van der Waals surface area contributed by atoms with Crippen LogP contribution in [0.5, 0.6) is 0 Å². The second-order valence-corrected chi connectivity index (χ2v) is 14.4. The molecule has 0 aliphatic heterocycles. The molecular formula is C55H42N4. The maximum atomic E-state index is 6.65. The molecule has 9 rings (SSSR count). The first kappa shape index (κ1) is 36.9. The molecule has 0 saturated carbocycles. The number of anilines is 2. The van der Waals surface area contributed by atoms with E-state index in [0.717, 1.165) is 61.1 Å². The number of nitrogens with two attached hydrogens (primary N) is 1. The number of fused-ring (bicyclic) bond motifs is 1. The third kappa shape index (κ3) is 7.99. The van der Waals surface area contributed by atoms with Crippen LogP contribution in [0.4, 0.5) is 11.4 Å². The SMILES string of the molecule is NC(/N=C(\N=C\c1ccccc1)c1ccc(Nc2c(-c3ccccc3)c(-c3ccccc3-c3ccccc3)c(-c3ccccc3)c3ccccc23)cc1)c1ccccc1. The van der Waals surface area contributed by atoms with Crippen molar-refractivity contribution in [3.8, 4) is 44.5 Å². The first-order valence-corrected chi connectivity index (χ1v) is 19.9. The highest BCUT2D eigenvalue weighted by atomic mass is 15.0. The number of benzene rings is 9. The second kappa shape index (κ2) is 17.2. The third-order valence-corrected chi connectivity index (χ3v) is 10.6. The van der Waals surface area contributed by atoms with Crippen molar-refractivity contribution in [3.63, 3.8) is 0 Å². The number of nitrogens with one attached hydrogen (secondary N) is 1. The molecule has 4 heteroatoms. The summed E-state index contributed by atoms with van der Waals surface area (Å²) in [6.07, 6.45) is 1.27. The minimum Gasteiger partial charge on any atom is -0.354 e. The molecule has 0 aliphatic rings. The van der Waals surface area contributed by atoms with Crippen LogP contribution in [0.15, 0.2) is 234 Å². The van der Waals surface area contributed by atoms with Crippen molar-refractivity contribution in [2.45, 2.75) is 6.17 Å². The van der Waals surface area contributed by atoms with E-state index in [1.165, 1.54) is 22.3 Å². The number of amidine groups is 1. The molecule has 0 spiro atoms. The smallest absolute Gasteiger partial charge is 0.156 e. The van der Waals surface area contributed by atoms with Crippen LogP contribution in [0.3, 0.4) is 0 Å². The summed E-state index contributed by atoms with van der Waals surface area (Å²) in [6, 6.07) is 78.0. The van der Waals surface area contributed by atoms with Gasteiger partial charge >= 0.3 is 0 Å². The van der Waals surface area contributed by atoms with Crippen molar-refractivity contribution in [2.24, 2.45) is 15.7 Å². The molecule has 59 heavy (non-hydrogen) atoms. The Morgan fingerprint density at radius 1 is 0.441 bits per heavy atom. The minimum atomic E-state index is -0.572. The van der Waals surface area contributed by atoms with Crippen molar-refractivity contribution in [1.82, 2.24) is 0 Å². The predicted octanol–water partition coefficient (Wildman–Crippen LogP) is 13.8. The van der Waals surface area contributed by atoms with Gasteiger partial charge in [-0.3, -0.25) is 0 Å². The first-order chi connectivity index (χ1) is 29.2. The van der Waals surface area contributed by atoms with E-state index in [1.807, 2.05) is 66.9 Å². The maximum absolute atomic E-state index is 6.65. The Labute approximate surface area is 345 Å². The van der Waals surface area contributed by atoms with Gasteiger partial charge in [0.05, 0.1) is 5.69 Å². The molecule has 3 N–H and O–H groups in total. The average Bonchev–Trinajstić information content (AvgIpc) is 3.32. The van der Waals surface area contributed by atoms with E-state index in [9.17, 15) is 0 Å². The molecule has 0 fully saturated rings. The van der Waals surface area contributed by atoms with E-state index in [2.05, 4.69) is 169 Å².